The van der Waals surface area contributed by atoms with E-state index in [1.165, 1.54) is 51.2 Å². The van der Waals surface area contributed by atoms with Crippen LogP contribution in [0.1, 0.15) is 26.3 Å². The lowest BCUT2D eigenvalue weighted by Crippen LogP contribution is -2.11. The van der Waals surface area contributed by atoms with Crippen molar-refractivity contribution in [2.24, 2.45) is 0 Å². The lowest BCUT2D eigenvalue weighted by atomic mass is 10.2. The van der Waals surface area contributed by atoms with E-state index in [9.17, 15) is 14.4 Å². The van der Waals surface area contributed by atoms with Crippen molar-refractivity contribution in [2.45, 2.75) is 20.8 Å². The van der Waals surface area contributed by atoms with Crippen LogP contribution >= 0.6 is 0 Å². The first-order chi connectivity index (χ1) is 9.38. The number of esters is 2. The van der Waals surface area contributed by atoms with E-state index in [0.717, 1.165) is 0 Å². The van der Waals surface area contributed by atoms with Crippen LogP contribution in [0.25, 0.3) is 6.08 Å². The molecule has 0 saturated carbocycles. The van der Waals surface area contributed by atoms with Crippen LogP contribution < -0.4 is 14.8 Å². The Balaban J connectivity index is 3.04. The zero-order valence-electron chi connectivity index (χ0n) is 11.4. The Morgan fingerprint density at radius 1 is 1.05 bits per heavy atom. The third-order valence-electron chi connectivity index (χ3n) is 2.05. The number of ether oxygens (including phenoxy) is 2. The van der Waals surface area contributed by atoms with Gasteiger partial charge in [0.15, 0.2) is 0 Å². The van der Waals surface area contributed by atoms with Gasteiger partial charge in [-0.15, -0.1) is 0 Å². The van der Waals surface area contributed by atoms with Crippen molar-refractivity contribution in [3.05, 3.63) is 30.0 Å². The maximum absolute atomic E-state index is 11.0. The van der Waals surface area contributed by atoms with Crippen molar-refractivity contribution in [1.29, 1.82) is 0 Å². The largest absolute Gasteiger partial charge is 0.427 e. The van der Waals surface area contributed by atoms with Crippen molar-refractivity contribution in [1.82, 2.24) is 5.32 Å². The average molecular weight is 277 g/mol. The summed E-state index contributed by atoms with van der Waals surface area (Å²) in [7, 11) is 0. The summed E-state index contributed by atoms with van der Waals surface area (Å²) in [6.07, 6.45) is 2.94. The lowest BCUT2D eigenvalue weighted by molar-refractivity contribution is -0.133. The summed E-state index contributed by atoms with van der Waals surface area (Å²) < 4.78 is 9.96. The molecule has 6 heteroatoms. The molecule has 0 aliphatic carbocycles. The fraction of sp³-hybridized carbons (Fsp3) is 0.214. The van der Waals surface area contributed by atoms with E-state index in [0.29, 0.717) is 17.1 Å². The zero-order valence-corrected chi connectivity index (χ0v) is 11.4. The van der Waals surface area contributed by atoms with Gasteiger partial charge in [0, 0.05) is 32.5 Å². The van der Waals surface area contributed by atoms with Gasteiger partial charge in [0.2, 0.25) is 5.91 Å². The van der Waals surface area contributed by atoms with Crippen molar-refractivity contribution < 1.29 is 23.9 Å². The minimum absolute atomic E-state index is 0.230. The molecule has 1 N–H and O–H groups in total. The molecule has 0 aliphatic heterocycles. The Labute approximate surface area is 116 Å². The lowest BCUT2D eigenvalue weighted by Gasteiger charge is -2.08. The number of rotatable bonds is 4. The highest BCUT2D eigenvalue weighted by molar-refractivity contribution is 5.76. The molecule has 6 nitrogen and oxygen atoms in total. The molecular formula is C14H15NO5. The monoisotopic (exact) mass is 277 g/mol. The normalized spacial score (nSPS) is 10.2. The molecule has 0 unspecified atom stereocenters. The number of nitrogens with one attached hydrogen (secondary N) is 1. The topological polar surface area (TPSA) is 81.7 Å². The van der Waals surface area contributed by atoms with Crippen LogP contribution in [0.4, 0.5) is 0 Å². The highest BCUT2D eigenvalue weighted by atomic mass is 16.5. The molecule has 0 bridgehead atoms. The molecule has 0 atom stereocenters. The SMILES string of the molecule is CC(=O)N/C=C/c1cc(OC(C)=O)ccc1OC(C)=O. The second kappa shape index (κ2) is 7.08. The highest BCUT2D eigenvalue weighted by Crippen LogP contribution is 2.25. The molecule has 0 aromatic heterocycles. The number of carbonyl (C=O) groups excluding carboxylic acids is 3. The van der Waals surface area contributed by atoms with E-state index in [4.69, 9.17) is 9.47 Å². The molecular weight excluding hydrogens is 262 g/mol. The second-order valence-corrected chi connectivity index (χ2v) is 3.92. The third kappa shape index (κ3) is 5.34. The number of benzene rings is 1. The second-order valence-electron chi connectivity index (χ2n) is 3.92. The average Bonchev–Trinajstić information content (AvgIpc) is 2.30. The molecule has 20 heavy (non-hydrogen) atoms. The first kappa shape index (κ1) is 15.4. The van der Waals surface area contributed by atoms with Crippen LogP contribution in [-0.4, -0.2) is 17.8 Å². The molecule has 0 aliphatic rings. The van der Waals surface area contributed by atoms with Gasteiger partial charge in [0.05, 0.1) is 0 Å². The summed E-state index contributed by atoms with van der Waals surface area (Å²) in [6, 6.07) is 4.54. The molecule has 1 aromatic carbocycles. The Bertz CT molecular complexity index is 563. The maximum Gasteiger partial charge on any atom is 0.308 e. The van der Waals surface area contributed by atoms with Crippen LogP contribution in [0.5, 0.6) is 11.5 Å². The van der Waals surface area contributed by atoms with E-state index >= 15 is 0 Å². The van der Waals surface area contributed by atoms with Crippen LogP contribution in [0, 0.1) is 0 Å². The minimum atomic E-state index is -0.473. The van der Waals surface area contributed by atoms with Gasteiger partial charge in [0.25, 0.3) is 0 Å². The molecule has 0 heterocycles. The van der Waals surface area contributed by atoms with E-state index in [2.05, 4.69) is 5.32 Å². The smallest absolute Gasteiger partial charge is 0.308 e. The molecule has 1 aromatic rings. The van der Waals surface area contributed by atoms with Crippen LogP contribution in [-0.2, 0) is 14.4 Å². The molecule has 0 fully saturated rings. The van der Waals surface area contributed by atoms with Crippen LogP contribution in [0.3, 0.4) is 0 Å². The third-order valence-corrected chi connectivity index (χ3v) is 2.05. The van der Waals surface area contributed by atoms with E-state index < -0.39 is 11.9 Å². The van der Waals surface area contributed by atoms with Gasteiger partial charge >= 0.3 is 11.9 Å². The van der Waals surface area contributed by atoms with E-state index in [1.54, 1.807) is 0 Å². The molecule has 106 valence electrons. The highest BCUT2D eigenvalue weighted by Gasteiger charge is 2.07. The summed E-state index contributed by atoms with van der Waals surface area (Å²) in [4.78, 5) is 32.7. The van der Waals surface area contributed by atoms with Gasteiger partial charge in [-0.25, -0.2) is 0 Å². The standard InChI is InChI=1S/C14H15NO5/c1-9(16)15-7-6-12-8-13(19-10(2)17)4-5-14(12)20-11(3)18/h4-8H,1-3H3,(H,15,16)/b7-6+. The molecule has 1 amide bonds. The van der Waals surface area contributed by atoms with Crippen molar-refractivity contribution in [3.8, 4) is 11.5 Å². The number of carbonyl (C=O) groups is 3. The number of hydrogen-bond donors (Lipinski definition) is 1. The Kier molecular flexibility index (Phi) is 5.46. The fourth-order valence-electron chi connectivity index (χ4n) is 1.38. The summed E-state index contributed by atoms with van der Waals surface area (Å²) in [5.74, 6) is -0.543. The van der Waals surface area contributed by atoms with E-state index in [1.807, 2.05) is 0 Å². The van der Waals surface area contributed by atoms with Gasteiger partial charge in [-0.3, -0.25) is 14.4 Å². The van der Waals surface area contributed by atoms with E-state index in [-0.39, 0.29) is 5.91 Å². The van der Waals surface area contributed by atoms with Crippen molar-refractivity contribution in [3.63, 3.8) is 0 Å². The van der Waals surface area contributed by atoms with Gasteiger partial charge in [-0.1, -0.05) is 0 Å². The maximum atomic E-state index is 11.0. The summed E-state index contributed by atoms with van der Waals surface area (Å²) in [5, 5.41) is 2.47. The quantitative estimate of drug-likeness (QED) is 0.668. The molecule has 0 radical (unpaired) electrons. The zero-order chi connectivity index (χ0) is 15.1. The predicted molar refractivity (Wildman–Crippen MR) is 71.9 cm³/mol. The van der Waals surface area contributed by atoms with Crippen molar-refractivity contribution in [2.75, 3.05) is 0 Å². The first-order valence-corrected chi connectivity index (χ1v) is 5.83. The summed E-state index contributed by atoms with van der Waals surface area (Å²) in [5.41, 5.74) is 0.493. The van der Waals surface area contributed by atoms with Crippen LogP contribution in [0.2, 0.25) is 0 Å². The van der Waals surface area contributed by atoms with Gasteiger partial charge < -0.3 is 14.8 Å². The molecule has 0 saturated heterocycles. The Morgan fingerprint density at radius 3 is 2.25 bits per heavy atom. The number of hydrogen-bond acceptors (Lipinski definition) is 5. The summed E-state index contributed by atoms with van der Waals surface area (Å²) >= 11 is 0. The first-order valence-electron chi connectivity index (χ1n) is 5.83. The van der Waals surface area contributed by atoms with Gasteiger partial charge in [0.1, 0.15) is 11.5 Å². The Hall–Kier alpha value is -2.63. The fourth-order valence-corrected chi connectivity index (χ4v) is 1.38. The number of amides is 1. The summed E-state index contributed by atoms with van der Waals surface area (Å²) in [6.45, 7) is 3.93. The minimum Gasteiger partial charge on any atom is -0.427 e. The molecule has 0 spiro atoms. The van der Waals surface area contributed by atoms with Crippen molar-refractivity contribution >= 4 is 23.9 Å². The predicted octanol–water partition coefficient (Wildman–Crippen LogP) is 1.64. The van der Waals surface area contributed by atoms with Gasteiger partial charge in [-0.05, 0) is 24.3 Å². The molecule has 1 rings (SSSR count). The van der Waals surface area contributed by atoms with Crippen LogP contribution in [0.15, 0.2) is 24.4 Å². The Morgan fingerprint density at radius 2 is 1.70 bits per heavy atom. The van der Waals surface area contributed by atoms with Gasteiger partial charge in [-0.2, -0.15) is 0 Å².